The van der Waals surface area contributed by atoms with Gasteiger partial charge in [-0.3, -0.25) is 0 Å². The van der Waals surface area contributed by atoms with Crippen LogP contribution in [0.5, 0.6) is 0 Å². The minimum Gasteiger partial charge on any atom is -0.324 e. The highest BCUT2D eigenvalue weighted by Crippen LogP contribution is 2.71. The summed E-state index contributed by atoms with van der Waals surface area (Å²) in [5.74, 6) is 0.870. The third-order valence-corrected chi connectivity index (χ3v) is 3.46. The highest BCUT2D eigenvalue weighted by atomic mass is 15.0. The van der Waals surface area contributed by atoms with Gasteiger partial charge in [0.25, 0.3) is 0 Å². The maximum atomic E-state index is 5.97. The molecule has 0 saturated heterocycles. The van der Waals surface area contributed by atoms with Crippen LogP contribution in [-0.4, -0.2) is 5.54 Å². The average Bonchev–Trinajstić information content (AvgIpc) is 1.80. The van der Waals surface area contributed by atoms with Crippen molar-refractivity contribution in [2.24, 2.45) is 17.1 Å². The Morgan fingerprint density at radius 1 is 1.50 bits per heavy atom. The highest BCUT2D eigenvalue weighted by Gasteiger charge is 2.73. The lowest BCUT2D eigenvalue weighted by molar-refractivity contribution is 0.395. The van der Waals surface area contributed by atoms with Gasteiger partial charge in [-0.1, -0.05) is 13.8 Å². The van der Waals surface area contributed by atoms with E-state index in [9.17, 15) is 0 Å². The monoisotopic (exact) mass is 111 g/mol. The molecule has 2 fully saturated rings. The van der Waals surface area contributed by atoms with E-state index in [2.05, 4.69) is 13.8 Å². The van der Waals surface area contributed by atoms with Crippen LogP contribution in [0.1, 0.15) is 26.7 Å². The van der Waals surface area contributed by atoms with Gasteiger partial charge in [-0.2, -0.15) is 0 Å². The van der Waals surface area contributed by atoms with E-state index in [4.69, 9.17) is 5.73 Å². The predicted molar refractivity (Wildman–Crippen MR) is 33.4 cm³/mol. The minimum absolute atomic E-state index is 0.285. The van der Waals surface area contributed by atoms with E-state index in [0.717, 1.165) is 5.92 Å². The van der Waals surface area contributed by atoms with Gasteiger partial charge in [-0.15, -0.1) is 0 Å². The third kappa shape index (κ3) is 0.235. The first kappa shape index (κ1) is 4.80. The van der Waals surface area contributed by atoms with Crippen molar-refractivity contribution in [3.63, 3.8) is 0 Å². The molecule has 2 aliphatic rings. The fourth-order valence-corrected chi connectivity index (χ4v) is 2.28. The van der Waals surface area contributed by atoms with E-state index in [-0.39, 0.29) is 5.54 Å². The molecule has 46 valence electrons. The molecule has 1 heteroatoms. The first-order valence-electron chi connectivity index (χ1n) is 3.38. The third-order valence-electron chi connectivity index (χ3n) is 3.46. The van der Waals surface area contributed by atoms with Crippen molar-refractivity contribution in [1.82, 2.24) is 0 Å². The molecule has 0 bridgehead atoms. The van der Waals surface area contributed by atoms with Gasteiger partial charge >= 0.3 is 0 Å². The van der Waals surface area contributed by atoms with Crippen molar-refractivity contribution in [2.75, 3.05) is 0 Å². The van der Waals surface area contributed by atoms with Crippen molar-refractivity contribution < 1.29 is 0 Å². The second kappa shape index (κ2) is 0.860. The SMILES string of the molecule is CC1(C)C2CC[C@@]21N. The fraction of sp³-hybridized carbons (Fsp3) is 1.00. The van der Waals surface area contributed by atoms with E-state index in [1.165, 1.54) is 12.8 Å². The summed E-state index contributed by atoms with van der Waals surface area (Å²) in [6, 6.07) is 0. The Balaban J connectivity index is 2.28. The van der Waals surface area contributed by atoms with Crippen molar-refractivity contribution in [3.05, 3.63) is 0 Å². The van der Waals surface area contributed by atoms with Gasteiger partial charge in [0, 0.05) is 5.54 Å². The summed E-state index contributed by atoms with van der Waals surface area (Å²) in [4.78, 5) is 0. The van der Waals surface area contributed by atoms with Crippen molar-refractivity contribution in [1.29, 1.82) is 0 Å². The Kier molecular flexibility index (Phi) is 0.516. The summed E-state index contributed by atoms with van der Waals surface area (Å²) in [7, 11) is 0. The molecule has 0 aromatic carbocycles. The van der Waals surface area contributed by atoms with E-state index in [1.54, 1.807) is 0 Å². The molecule has 2 N–H and O–H groups in total. The maximum absolute atomic E-state index is 5.97. The molecule has 2 atom stereocenters. The molecule has 0 radical (unpaired) electrons. The number of rotatable bonds is 0. The molecular weight excluding hydrogens is 98.1 g/mol. The summed E-state index contributed by atoms with van der Waals surface area (Å²) < 4.78 is 0. The zero-order chi connectivity index (χ0) is 5.99. The van der Waals surface area contributed by atoms with Crippen LogP contribution in [0, 0.1) is 11.3 Å². The zero-order valence-corrected chi connectivity index (χ0v) is 5.57. The lowest BCUT2D eigenvalue weighted by Crippen LogP contribution is -2.34. The molecule has 0 amide bonds. The molecule has 2 saturated carbocycles. The number of fused-ring (bicyclic) bond motifs is 1. The van der Waals surface area contributed by atoms with Crippen molar-refractivity contribution >= 4 is 0 Å². The molecule has 0 spiro atoms. The standard InChI is InChI=1S/C7H13N/c1-6(2)5-3-4-7(5,6)8/h5H,3-4,8H2,1-2H3/t5?,7-/m1/s1. The zero-order valence-electron chi connectivity index (χ0n) is 5.57. The summed E-state index contributed by atoms with van der Waals surface area (Å²) in [5, 5.41) is 0. The second-order valence-electron chi connectivity index (χ2n) is 3.85. The van der Waals surface area contributed by atoms with Crippen LogP contribution in [0.4, 0.5) is 0 Å². The first-order chi connectivity index (χ1) is 3.59. The van der Waals surface area contributed by atoms with Gasteiger partial charge in [0.15, 0.2) is 0 Å². The highest BCUT2D eigenvalue weighted by molar-refractivity contribution is 5.28. The van der Waals surface area contributed by atoms with Gasteiger partial charge in [-0.05, 0) is 24.2 Å². The van der Waals surface area contributed by atoms with Crippen molar-refractivity contribution in [2.45, 2.75) is 32.2 Å². The molecule has 0 aliphatic heterocycles. The van der Waals surface area contributed by atoms with Crippen LogP contribution in [0.15, 0.2) is 0 Å². The lowest BCUT2D eigenvalue weighted by Gasteiger charge is -2.19. The summed E-state index contributed by atoms with van der Waals surface area (Å²) >= 11 is 0. The topological polar surface area (TPSA) is 26.0 Å². The van der Waals surface area contributed by atoms with Crippen LogP contribution in [-0.2, 0) is 0 Å². The lowest BCUT2D eigenvalue weighted by atomic mass is 9.94. The Hall–Kier alpha value is -0.0400. The summed E-state index contributed by atoms with van der Waals surface area (Å²) in [5.41, 5.74) is 6.75. The molecule has 1 unspecified atom stereocenters. The second-order valence-corrected chi connectivity index (χ2v) is 3.85. The van der Waals surface area contributed by atoms with Crippen LogP contribution in [0.3, 0.4) is 0 Å². The average molecular weight is 111 g/mol. The van der Waals surface area contributed by atoms with Gasteiger partial charge < -0.3 is 5.73 Å². The first-order valence-corrected chi connectivity index (χ1v) is 3.38. The molecule has 2 rings (SSSR count). The smallest absolute Gasteiger partial charge is 0.0243 e. The molecule has 8 heavy (non-hydrogen) atoms. The van der Waals surface area contributed by atoms with E-state index >= 15 is 0 Å². The normalized spacial score (nSPS) is 56.6. The Labute approximate surface area is 50.3 Å². The largest absolute Gasteiger partial charge is 0.324 e. The Morgan fingerprint density at radius 3 is 2.00 bits per heavy atom. The van der Waals surface area contributed by atoms with Crippen LogP contribution < -0.4 is 5.73 Å². The molecule has 2 aliphatic carbocycles. The van der Waals surface area contributed by atoms with E-state index in [1.807, 2.05) is 0 Å². The molecular formula is C7H13N. The number of hydrogen-bond donors (Lipinski definition) is 1. The molecule has 0 heterocycles. The molecule has 1 nitrogen and oxygen atoms in total. The quantitative estimate of drug-likeness (QED) is 0.498. The molecule has 0 aromatic rings. The van der Waals surface area contributed by atoms with Gasteiger partial charge in [0.2, 0.25) is 0 Å². The fourth-order valence-electron chi connectivity index (χ4n) is 2.28. The summed E-state index contributed by atoms with van der Waals surface area (Å²) in [6.45, 7) is 4.56. The number of nitrogens with two attached hydrogens (primary N) is 1. The van der Waals surface area contributed by atoms with E-state index in [0.29, 0.717) is 5.41 Å². The van der Waals surface area contributed by atoms with Gasteiger partial charge in [0.05, 0.1) is 0 Å². The van der Waals surface area contributed by atoms with Crippen LogP contribution >= 0.6 is 0 Å². The van der Waals surface area contributed by atoms with Crippen LogP contribution in [0.25, 0.3) is 0 Å². The van der Waals surface area contributed by atoms with Gasteiger partial charge in [-0.25, -0.2) is 0 Å². The van der Waals surface area contributed by atoms with Crippen molar-refractivity contribution in [3.8, 4) is 0 Å². The van der Waals surface area contributed by atoms with Gasteiger partial charge in [0.1, 0.15) is 0 Å². The molecule has 0 aromatic heterocycles. The summed E-state index contributed by atoms with van der Waals surface area (Å²) in [6.07, 6.45) is 2.65. The number of hydrogen-bond acceptors (Lipinski definition) is 1. The Bertz CT molecular complexity index is 130. The predicted octanol–water partition coefficient (Wildman–Crippen LogP) is 1.13. The Morgan fingerprint density at radius 2 is 2.00 bits per heavy atom. The van der Waals surface area contributed by atoms with Crippen LogP contribution in [0.2, 0.25) is 0 Å². The van der Waals surface area contributed by atoms with E-state index < -0.39 is 0 Å². The maximum Gasteiger partial charge on any atom is 0.0243 e. The minimum atomic E-state index is 0.285.